The number of rotatable bonds is 9. The van der Waals surface area contributed by atoms with Crippen LogP contribution < -0.4 is 10.1 Å². The Morgan fingerprint density at radius 1 is 1.17 bits per heavy atom. The summed E-state index contributed by atoms with van der Waals surface area (Å²) in [5, 5.41) is 4.10. The molecule has 1 N–H and O–H groups in total. The predicted molar refractivity (Wildman–Crippen MR) is 75.7 cm³/mol. The number of nitrogens with one attached hydrogen (secondary N) is 1. The van der Waals surface area contributed by atoms with E-state index in [0.29, 0.717) is 0 Å². The molecular formula is C14H22ClNO2. The summed E-state index contributed by atoms with van der Waals surface area (Å²) in [5.74, 6) is 0.916. The van der Waals surface area contributed by atoms with E-state index in [0.717, 1.165) is 55.5 Å². The zero-order valence-corrected chi connectivity index (χ0v) is 11.9. The lowest BCUT2D eigenvalue weighted by atomic mass is 10.2. The maximum absolute atomic E-state index is 5.89. The largest absolute Gasteiger partial charge is 0.493 e. The average Bonchev–Trinajstić information content (AvgIpc) is 2.35. The van der Waals surface area contributed by atoms with Gasteiger partial charge in [-0.25, -0.2) is 0 Å². The molecule has 0 amide bonds. The minimum absolute atomic E-state index is 0.722. The second kappa shape index (κ2) is 9.20. The molecule has 18 heavy (non-hydrogen) atoms. The third kappa shape index (κ3) is 6.24. The number of methoxy groups -OCH3 is 1. The molecule has 0 aliphatic carbocycles. The lowest BCUT2D eigenvalue weighted by Gasteiger charge is -2.09. The molecule has 0 aromatic heterocycles. The van der Waals surface area contributed by atoms with Crippen LogP contribution >= 0.6 is 11.6 Å². The fourth-order valence-electron chi connectivity index (χ4n) is 1.62. The van der Waals surface area contributed by atoms with Crippen LogP contribution in [0.5, 0.6) is 5.75 Å². The van der Waals surface area contributed by atoms with Crippen molar-refractivity contribution >= 4 is 11.6 Å². The van der Waals surface area contributed by atoms with Crippen LogP contribution in [0.2, 0.25) is 5.02 Å². The van der Waals surface area contributed by atoms with Crippen molar-refractivity contribution in [3.8, 4) is 5.75 Å². The molecule has 3 nitrogen and oxygen atoms in total. The zero-order chi connectivity index (χ0) is 13.2. The molecule has 0 saturated heterocycles. The van der Waals surface area contributed by atoms with Gasteiger partial charge in [0, 0.05) is 18.7 Å². The molecule has 0 atom stereocenters. The maximum atomic E-state index is 5.89. The first-order valence-corrected chi connectivity index (χ1v) is 6.70. The van der Waals surface area contributed by atoms with Crippen molar-refractivity contribution in [3.63, 3.8) is 0 Å². The Morgan fingerprint density at radius 3 is 2.56 bits per heavy atom. The zero-order valence-electron chi connectivity index (χ0n) is 11.2. The summed E-state index contributed by atoms with van der Waals surface area (Å²) >= 11 is 5.89. The molecule has 102 valence electrons. The van der Waals surface area contributed by atoms with E-state index in [4.69, 9.17) is 21.1 Å². The third-order valence-electron chi connectivity index (χ3n) is 2.59. The van der Waals surface area contributed by atoms with Crippen molar-refractivity contribution in [1.82, 2.24) is 5.32 Å². The Kier molecular flexibility index (Phi) is 7.81. The van der Waals surface area contributed by atoms with Gasteiger partial charge in [0.2, 0.25) is 0 Å². The van der Waals surface area contributed by atoms with Gasteiger partial charge in [0.15, 0.2) is 0 Å². The number of halogens is 1. The van der Waals surface area contributed by atoms with Crippen LogP contribution in [0.15, 0.2) is 18.2 Å². The van der Waals surface area contributed by atoms with Gasteiger partial charge < -0.3 is 14.8 Å². The Balaban J connectivity index is 2.07. The number of benzene rings is 1. The van der Waals surface area contributed by atoms with Crippen LogP contribution in [-0.4, -0.2) is 33.4 Å². The van der Waals surface area contributed by atoms with Crippen molar-refractivity contribution in [1.29, 1.82) is 0 Å². The Hall–Kier alpha value is -0.770. The molecule has 0 saturated carbocycles. The van der Waals surface area contributed by atoms with E-state index in [1.165, 1.54) is 0 Å². The fourth-order valence-corrected chi connectivity index (χ4v) is 1.85. The highest BCUT2D eigenvalue weighted by molar-refractivity contribution is 6.30. The highest BCUT2D eigenvalue weighted by Gasteiger charge is 1.99. The van der Waals surface area contributed by atoms with Crippen LogP contribution in [0.4, 0.5) is 0 Å². The van der Waals surface area contributed by atoms with Gasteiger partial charge in [-0.15, -0.1) is 0 Å². The van der Waals surface area contributed by atoms with Crippen LogP contribution in [0.3, 0.4) is 0 Å². The number of hydrogen-bond acceptors (Lipinski definition) is 3. The van der Waals surface area contributed by atoms with Gasteiger partial charge in [-0.2, -0.15) is 0 Å². The summed E-state index contributed by atoms with van der Waals surface area (Å²) < 4.78 is 10.7. The normalized spacial score (nSPS) is 10.6. The molecule has 1 rings (SSSR count). The summed E-state index contributed by atoms with van der Waals surface area (Å²) in [5.41, 5.74) is 1.08. The minimum Gasteiger partial charge on any atom is -0.493 e. The smallest absolute Gasteiger partial charge is 0.122 e. The Labute approximate surface area is 114 Å². The molecule has 0 aliphatic rings. The molecule has 0 aliphatic heterocycles. The lowest BCUT2D eigenvalue weighted by molar-refractivity contribution is 0.194. The monoisotopic (exact) mass is 271 g/mol. The molecule has 1 aromatic rings. The predicted octanol–water partition coefficient (Wildman–Crippen LogP) is 3.04. The first kappa shape index (κ1) is 15.3. The fraction of sp³-hybridized carbons (Fsp3) is 0.571. The lowest BCUT2D eigenvalue weighted by Crippen LogP contribution is -2.19. The summed E-state index contributed by atoms with van der Waals surface area (Å²) in [6.45, 7) is 5.50. The van der Waals surface area contributed by atoms with Crippen LogP contribution in [0.25, 0.3) is 0 Å². The van der Waals surface area contributed by atoms with Crippen molar-refractivity contribution in [2.75, 3.05) is 33.4 Å². The molecule has 0 radical (unpaired) electrons. The minimum atomic E-state index is 0.722. The standard InChI is InChI=1S/C14H22ClNO2/c1-12-11-13(15)5-6-14(12)18-10-4-8-16-7-3-9-17-2/h5-6,11,16H,3-4,7-10H2,1-2H3. The average molecular weight is 272 g/mol. The highest BCUT2D eigenvalue weighted by Crippen LogP contribution is 2.21. The SMILES string of the molecule is COCCCNCCCOc1ccc(Cl)cc1C. The first-order chi connectivity index (χ1) is 8.74. The van der Waals surface area contributed by atoms with E-state index in [1.54, 1.807) is 7.11 Å². The molecular weight excluding hydrogens is 250 g/mol. The van der Waals surface area contributed by atoms with E-state index in [-0.39, 0.29) is 0 Å². The molecule has 4 heteroatoms. The summed E-state index contributed by atoms with van der Waals surface area (Å²) in [6, 6.07) is 5.69. The molecule has 0 fully saturated rings. The van der Waals surface area contributed by atoms with Gasteiger partial charge in [-0.3, -0.25) is 0 Å². The highest BCUT2D eigenvalue weighted by atomic mass is 35.5. The number of hydrogen-bond donors (Lipinski definition) is 1. The van der Waals surface area contributed by atoms with Gasteiger partial charge in [-0.05, 0) is 56.6 Å². The quantitative estimate of drug-likeness (QED) is 0.701. The molecule has 0 spiro atoms. The van der Waals surface area contributed by atoms with E-state index >= 15 is 0 Å². The van der Waals surface area contributed by atoms with Gasteiger partial charge in [0.1, 0.15) is 5.75 Å². The molecule has 0 unspecified atom stereocenters. The van der Waals surface area contributed by atoms with E-state index < -0.39 is 0 Å². The van der Waals surface area contributed by atoms with Crippen molar-refractivity contribution in [3.05, 3.63) is 28.8 Å². The van der Waals surface area contributed by atoms with Gasteiger partial charge in [-0.1, -0.05) is 11.6 Å². The topological polar surface area (TPSA) is 30.5 Å². The van der Waals surface area contributed by atoms with Crippen LogP contribution in [-0.2, 0) is 4.74 Å². The summed E-state index contributed by atoms with van der Waals surface area (Å²) in [4.78, 5) is 0. The van der Waals surface area contributed by atoms with Gasteiger partial charge in [0.25, 0.3) is 0 Å². The second-order valence-corrected chi connectivity index (χ2v) is 4.64. The Bertz CT molecular complexity index is 345. The van der Waals surface area contributed by atoms with Gasteiger partial charge >= 0.3 is 0 Å². The summed E-state index contributed by atoms with van der Waals surface area (Å²) in [7, 11) is 1.72. The van der Waals surface area contributed by atoms with Crippen LogP contribution in [0.1, 0.15) is 18.4 Å². The van der Waals surface area contributed by atoms with Crippen molar-refractivity contribution in [2.24, 2.45) is 0 Å². The molecule has 0 bridgehead atoms. The Morgan fingerprint density at radius 2 is 1.89 bits per heavy atom. The molecule has 1 aromatic carbocycles. The van der Waals surface area contributed by atoms with Crippen molar-refractivity contribution in [2.45, 2.75) is 19.8 Å². The van der Waals surface area contributed by atoms with E-state index in [1.807, 2.05) is 25.1 Å². The second-order valence-electron chi connectivity index (χ2n) is 4.21. The molecule has 0 heterocycles. The third-order valence-corrected chi connectivity index (χ3v) is 2.83. The first-order valence-electron chi connectivity index (χ1n) is 6.32. The van der Waals surface area contributed by atoms with E-state index in [9.17, 15) is 0 Å². The number of aryl methyl sites for hydroxylation is 1. The van der Waals surface area contributed by atoms with Crippen molar-refractivity contribution < 1.29 is 9.47 Å². The van der Waals surface area contributed by atoms with Crippen LogP contribution in [0, 0.1) is 6.92 Å². The van der Waals surface area contributed by atoms with Gasteiger partial charge in [0.05, 0.1) is 6.61 Å². The van der Waals surface area contributed by atoms with E-state index in [2.05, 4.69) is 5.32 Å². The summed E-state index contributed by atoms with van der Waals surface area (Å²) in [6.07, 6.45) is 2.04. The number of ether oxygens (including phenoxy) is 2. The maximum Gasteiger partial charge on any atom is 0.122 e.